The zero-order valence-corrected chi connectivity index (χ0v) is 9.09. The predicted octanol–water partition coefficient (Wildman–Crippen LogP) is 2.60. The van der Waals surface area contributed by atoms with E-state index in [0.29, 0.717) is 11.5 Å². The van der Waals surface area contributed by atoms with E-state index >= 15 is 0 Å². The summed E-state index contributed by atoms with van der Waals surface area (Å²) >= 11 is 0. The lowest BCUT2D eigenvalue weighted by Crippen LogP contribution is -2.36. The van der Waals surface area contributed by atoms with Crippen LogP contribution in [0.25, 0.3) is 0 Å². The highest BCUT2D eigenvalue weighted by Gasteiger charge is 2.33. The Morgan fingerprint density at radius 2 is 2.15 bits per heavy atom. The highest BCUT2D eigenvalue weighted by atomic mass is 15.1. The topological polar surface area (TPSA) is 3.24 Å². The van der Waals surface area contributed by atoms with E-state index in [4.69, 9.17) is 0 Å². The van der Waals surface area contributed by atoms with E-state index in [0.717, 1.165) is 0 Å². The van der Waals surface area contributed by atoms with E-state index in [9.17, 15) is 0 Å². The molecule has 1 heteroatoms. The Bertz CT molecular complexity index is 283. The van der Waals surface area contributed by atoms with Crippen LogP contribution < -0.4 is 0 Å². The van der Waals surface area contributed by atoms with Crippen LogP contribution in [0.5, 0.6) is 0 Å². The molecule has 1 aliphatic heterocycles. The summed E-state index contributed by atoms with van der Waals surface area (Å²) < 4.78 is 0. The number of hydrogen-bond acceptors (Lipinski definition) is 1. The molecule has 0 N–H and O–H groups in total. The minimum absolute atomic E-state index is 0.324. The van der Waals surface area contributed by atoms with Gasteiger partial charge in [0.05, 0.1) is 0 Å². The van der Waals surface area contributed by atoms with Crippen molar-refractivity contribution in [2.75, 3.05) is 13.6 Å². The van der Waals surface area contributed by atoms with Crippen molar-refractivity contribution < 1.29 is 0 Å². The average Bonchev–Trinajstić information content (AvgIpc) is 2.35. The molecule has 0 aromatic rings. The van der Waals surface area contributed by atoms with Gasteiger partial charge in [-0.1, -0.05) is 31.6 Å². The van der Waals surface area contributed by atoms with Crippen molar-refractivity contribution in [2.45, 2.75) is 33.2 Å². The van der Waals surface area contributed by atoms with Crippen molar-refractivity contribution in [3.63, 3.8) is 0 Å². The highest BCUT2D eigenvalue weighted by Crippen LogP contribution is 2.42. The monoisotopic (exact) mass is 177 g/mol. The normalized spacial score (nSPS) is 32.5. The average molecular weight is 177 g/mol. The molecule has 0 radical (unpaired) electrons. The molecular weight excluding hydrogens is 158 g/mol. The summed E-state index contributed by atoms with van der Waals surface area (Å²) in [4.78, 5) is 2.44. The maximum atomic E-state index is 2.44. The number of rotatable bonds is 0. The second kappa shape index (κ2) is 2.71. The first-order valence-electron chi connectivity index (χ1n) is 5.15. The third-order valence-electron chi connectivity index (χ3n) is 3.63. The van der Waals surface area contributed by atoms with Gasteiger partial charge in [0.1, 0.15) is 0 Å². The quantitative estimate of drug-likeness (QED) is 0.550. The van der Waals surface area contributed by atoms with Gasteiger partial charge in [0.25, 0.3) is 0 Å². The van der Waals surface area contributed by atoms with Crippen LogP contribution in [0.2, 0.25) is 0 Å². The molecule has 0 bridgehead atoms. The van der Waals surface area contributed by atoms with Gasteiger partial charge in [0.2, 0.25) is 0 Å². The molecule has 0 aromatic heterocycles. The summed E-state index contributed by atoms with van der Waals surface area (Å²) in [6.45, 7) is 8.17. The van der Waals surface area contributed by atoms with Crippen LogP contribution in [-0.2, 0) is 0 Å². The Hall–Kier alpha value is -0.560. The molecule has 1 nitrogen and oxygen atoms in total. The smallest absolute Gasteiger partial charge is 0.0316 e. The van der Waals surface area contributed by atoms with Crippen LogP contribution in [-0.4, -0.2) is 24.5 Å². The minimum Gasteiger partial charge on any atom is -0.299 e. The summed E-state index contributed by atoms with van der Waals surface area (Å²) in [5, 5.41) is 0. The Morgan fingerprint density at radius 1 is 1.46 bits per heavy atom. The zero-order chi connectivity index (χ0) is 9.64. The van der Waals surface area contributed by atoms with Gasteiger partial charge in [0.15, 0.2) is 0 Å². The molecule has 1 aliphatic carbocycles. The maximum Gasteiger partial charge on any atom is 0.0316 e. The first-order valence-corrected chi connectivity index (χ1v) is 5.15. The molecule has 1 unspecified atom stereocenters. The fraction of sp³-hybridized carbons (Fsp3) is 0.667. The third-order valence-corrected chi connectivity index (χ3v) is 3.63. The van der Waals surface area contributed by atoms with Gasteiger partial charge >= 0.3 is 0 Å². The van der Waals surface area contributed by atoms with E-state index in [1.165, 1.54) is 13.0 Å². The molecule has 0 fully saturated rings. The van der Waals surface area contributed by atoms with Crippen LogP contribution in [0, 0.1) is 5.41 Å². The van der Waals surface area contributed by atoms with Crippen molar-refractivity contribution >= 4 is 0 Å². The SMILES string of the molecule is CC1C2=C(CCN1C)C(C)(C)C=C2. The standard InChI is InChI=1S/C12H19N/c1-9-10-5-7-12(2,3)11(10)6-8-13(9)4/h5,7,9H,6,8H2,1-4H3. The predicted molar refractivity (Wildman–Crippen MR) is 56.7 cm³/mol. The van der Waals surface area contributed by atoms with Gasteiger partial charge in [-0.2, -0.15) is 0 Å². The fourth-order valence-corrected chi connectivity index (χ4v) is 2.45. The molecule has 2 rings (SSSR count). The molecule has 0 spiro atoms. The first-order chi connectivity index (χ1) is 6.02. The minimum atomic E-state index is 0.324. The van der Waals surface area contributed by atoms with Crippen LogP contribution in [0.15, 0.2) is 23.3 Å². The summed E-state index contributed by atoms with van der Waals surface area (Å²) in [6, 6.07) is 0.613. The molecule has 0 amide bonds. The van der Waals surface area contributed by atoms with Gasteiger partial charge in [0, 0.05) is 18.0 Å². The lowest BCUT2D eigenvalue weighted by Gasteiger charge is -2.35. The van der Waals surface area contributed by atoms with E-state index in [-0.39, 0.29) is 0 Å². The van der Waals surface area contributed by atoms with Gasteiger partial charge in [-0.15, -0.1) is 0 Å². The van der Waals surface area contributed by atoms with E-state index in [1.807, 2.05) is 0 Å². The van der Waals surface area contributed by atoms with Crippen LogP contribution in [0.4, 0.5) is 0 Å². The first kappa shape index (κ1) is 9.01. The van der Waals surface area contributed by atoms with Gasteiger partial charge in [-0.3, -0.25) is 4.90 Å². The second-order valence-corrected chi connectivity index (χ2v) is 4.90. The maximum absolute atomic E-state index is 2.44. The number of hydrogen-bond donors (Lipinski definition) is 0. The molecule has 2 aliphatic rings. The van der Waals surface area contributed by atoms with Gasteiger partial charge < -0.3 is 0 Å². The number of nitrogens with zero attached hydrogens (tertiary/aromatic N) is 1. The lowest BCUT2D eigenvalue weighted by atomic mass is 9.81. The summed E-state index contributed by atoms with van der Waals surface area (Å²) in [6.07, 6.45) is 5.93. The van der Waals surface area contributed by atoms with E-state index in [1.54, 1.807) is 11.1 Å². The summed E-state index contributed by atoms with van der Waals surface area (Å²) in [5.41, 5.74) is 3.56. The Labute approximate surface area is 81.1 Å². The fourth-order valence-electron chi connectivity index (χ4n) is 2.45. The summed E-state index contributed by atoms with van der Waals surface area (Å²) in [5.74, 6) is 0. The Balaban J connectivity index is 2.38. The molecule has 13 heavy (non-hydrogen) atoms. The largest absolute Gasteiger partial charge is 0.299 e. The molecule has 0 saturated heterocycles. The third kappa shape index (κ3) is 1.26. The number of likely N-dealkylation sites (N-methyl/N-ethyl adjacent to an activating group) is 1. The highest BCUT2D eigenvalue weighted by molar-refractivity contribution is 5.44. The Morgan fingerprint density at radius 3 is 2.85 bits per heavy atom. The molecule has 0 saturated carbocycles. The lowest BCUT2D eigenvalue weighted by molar-refractivity contribution is 0.268. The Kier molecular flexibility index (Phi) is 1.88. The van der Waals surface area contributed by atoms with Crippen molar-refractivity contribution in [3.8, 4) is 0 Å². The number of allylic oxidation sites excluding steroid dienone is 1. The van der Waals surface area contributed by atoms with Crippen LogP contribution in [0.3, 0.4) is 0 Å². The molecule has 1 heterocycles. The molecule has 72 valence electrons. The molecular formula is C12H19N. The van der Waals surface area contributed by atoms with Gasteiger partial charge in [-0.25, -0.2) is 0 Å². The second-order valence-electron chi connectivity index (χ2n) is 4.90. The van der Waals surface area contributed by atoms with Crippen molar-refractivity contribution in [1.82, 2.24) is 4.90 Å². The van der Waals surface area contributed by atoms with Crippen molar-refractivity contribution in [2.24, 2.45) is 5.41 Å². The zero-order valence-electron chi connectivity index (χ0n) is 9.09. The van der Waals surface area contributed by atoms with E-state index in [2.05, 4.69) is 44.9 Å². The van der Waals surface area contributed by atoms with Crippen molar-refractivity contribution in [3.05, 3.63) is 23.3 Å². The van der Waals surface area contributed by atoms with Crippen LogP contribution >= 0.6 is 0 Å². The molecule has 0 aromatic carbocycles. The van der Waals surface area contributed by atoms with Gasteiger partial charge in [-0.05, 0) is 26.0 Å². The summed E-state index contributed by atoms with van der Waals surface area (Å²) in [7, 11) is 2.22. The van der Waals surface area contributed by atoms with Crippen LogP contribution in [0.1, 0.15) is 27.2 Å². The van der Waals surface area contributed by atoms with Crippen molar-refractivity contribution in [1.29, 1.82) is 0 Å². The van der Waals surface area contributed by atoms with E-state index < -0.39 is 0 Å². The molecule has 1 atom stereocenters.